The number of nitrogens with zero attached hydrogens (tertiary/aromatic N) is 1. The number of hydrogen-bond acceptors (Lipinski definition) is 3. The van der Waals surface area contributed by atoms with Crippen LogP contribution in [0, 0.1) is 0 Å². The summed E-state index contributed by atoms with van der Waals surface area (Å²) in [4.78, 5) is 36.9. The predicted molar refractivity (Wildman–Crippen MR) is 57.8 cm³/mol. The van der Waals surface area contributed by atoms with Crippen molar-refractivity contribution in [1.82, 2.24) is 4.42 Å². The second-order valence-electron chi connectivity index (χ2n) is 3.76. The molecule has 0 radical (unpaired) electrons. The van der Waals surface area contributed by atoms with E-state index in [1.54, 1.807) is 0 Å². The van der Waals surface area contributed by atoms with Crippen molar-refractivity contribution >= 4 is 27.0 Å². The van der Waals surface area contributed by atoms with E-state index in [0.717, 1.165) is 0 Å². The summed E-state index contributed by atoms with van der Waals surface area (Å²) in [6.45, 7) is 0.0395. The fourth-order valence-corrected chi connectivity index (χ4v) is 5.65. The Morgan fingerprint density at radius 2 is 1.50 bits per heavy atom. The minimum atomic E-state index is -5.05. The molecule has 16 heavy (non-hydrogen) atoms. The van der Waals surface area contributed by atoms with Crippen molar-refractivity contribution in [2.24, 2.45) is 0 Å². The molecule has 4 N–H and O–H groups in total. The maximum Gasteiger partial charge on any atom is 0.359 e. The highest BCUT2D eigenvalue weighted by Gasteiger charge is 2.63. The second kappa shape index (κ2) is 4.67. The van der Waals surface area contributed by atoms with E-state index in [4.69, 9.17) is 11.8 Å². The highest BCUT2D eigenvalue weighted by Crippen LogP contribution is 2.73. The number of rotatable bonds is 2. The van der Waals surface area contributed by atoms with E-state index in [1.807, 2.05) is 0 Å². The van der Waals surface area contributed by atoms with Crippen molar-refractivity contribution in [3.05, 3.63) is 0 Å². The summed E-state index contributed by atoms with van der Waals surface area (Å²) in [7, 11) is -10.1. The van der Waals surface area contributed by atoms with Crippen molar-refractivity contribution in [1.29, 1.82) is 0 Å². The molecule has 0 spiro atoms. The van der Waals surface area contributed by atoms with Gasteiger partial charge in [-0.1, -0.05) is 12.8 Å². The van der Waals surface area contributed by atoms with Crippen LogP contribution in [0.5, 0.6) is 0 Å². The Kier molecular flexibility index (Phi) is 4.26. The van der Waals surface area contributed by atoms with Crippen LogP contribution in [0.3, 0.4) is 0 Å². The topological polar surface area (TPSA) is 118 Å². The van der Waals surface area contributed by atoms with Gasteiger partial charge in [0.25, 0.3) is 0 Å². The average molecular weight is 294 g/mol. The molecule has 10 heteroatoms. The maximum absolute atomic E-state index is 11.4. The summed E-state index contributed by atoms with van der Waals surface area (Å²) < 4.78 is 23.4. The third-order valence-electron chi connectivity index (χ3n) is 2.69. The van der Waals surface area contributed by atoms with E-state index in [1.165, 1.54) is 0 Å². The molecule has 7 nitrogen and oxygen atoms in total. The van der Waals surface area contributed by atoms with Crippen LogP contribution in [0.4, 0.5) is 0 Å². The molecule has 0 bridgehead atoms. The molecular weight excluding hydrogens is 279 g/mol. The third kappa shape index (κ3) is 2.37. The minimum Gasteiger partial charge on any atom is -0.323 e. The van der Waals surface area contributed by atoms with Crippen LogP contribution < -0.4 is 0 Å². The SMILES string of the molecule is O=P(O)(O)C1(P(=O)(O)O)CCCCCN1Cl. The maximum atomic E-state index is 11.4. The molecule has 0 saturated carbocycles. The number of halogens is 1. The van der Waals surface area contributed by atoms with Gasteiger partial charge in [0.1, 0.15) is 0 Å². The van der Waals surface area contributed by atoms with Crippen molar-refractivity contribution in [3.63, 3.8) is 0 Å². The molecule has 0 unspecified atom stereocenters. The summed E-state index contributed by atoms with van der Waals surface area (Å²) in [5.41, 5.74) is 0. The van der Waals surface area contributed by atoms with Crippen LogP contribution in [0.2, 0.25) is 0 Å². The molecule has 0 aromatic carbocycles. The van der Waals surface area contributed by atoms with Crippen LogP contribution in [0.15, 0.2) is 0 Å². The Morgan fingerprint density at radius 1 is 1.00 bits per heavy atom. The first-order valence-corrected chi connectivity index (χ1v) is 8.24. The van der Waals surface area contributed by atoms with E-state index in [0.29, 0.717) is 23.7 Å². The Balaban J connectivity index is 3.32. The predicted octanol–water partition coefficient (Wildman–Crippen LogP) is 1.03. The van der Waals surface area contributed by atoms with Gasteiger partial charge in [-0.3, -0.25) is 9.13 Å². The van der Waals surface area contributed by atoms with Gasteiger partial charge in [-0.25, -0.2) is 0 Å². The Hall–Kier alpha value is 0.550. The standard InChI is InChI=1S/C6H14ClNO6P2/c7-8-5-3-1-2-4-6(8,15(9,10)11)16(12,13)14/h1-5H2,(H2,9,10,11)(H2,12,13,14). The average Bonchev–Trinajstić information content (AvgIpc) is 2.23. The molecule has 1 rings (SSSR count). The van der Waals surface area contributed by atoms with Gasteiger partial charge in [-0.2, -0.15) is 4.42 Å². The second-order valence-corrected chi connectivity index (χ2v) is 8.18. The Bertz CT molecular complexity index is 329. The summed E-state index contributed by atoms with van der Waals surface area (Å²) in [6, 6.07) is 0. The zero-order valence-electron chi connectivity index (χ0n) is 8.36. The third-order valence-corrected chi connectivity index (χ3v) is 7.74. The summed E-state index contributed by atoms with van der Waals surface area (Å²) in [5, 5.41) is -2.57. The van der Waals surface area contributed by atoms with Crippen molar-refractivity contribution in [2.45, 2.75) is 30.7 Å². The number of hydrogen-bond donors (Lipinski definition) is 4. The molecule has 1 saturated heterocycles. The van der Waals surface area contributed by atoms with Crippen molar-refractivity contribution in [2.75, 3.05) is 6.54 Å². The van der Waals surface area contributed by atoms with Crippen LogP contribution in [0.1, 0.15) is 25.7 Å². The van der Waals surface area contributed by atoms with Gasteiger partial charge in [0.15, 0.2) is 0 Å². The van der Waals surface area contributed by atoms with Gasteiger partial charge in [0.05, 0.1) is 0 Å². The molecule has 1 aliphatic heterocycles. The first-order valence-electron chi connectivity index (χ1n) is 4.67. The molecule has 0 amide bonds. The summed E-state index contributed by atoms with van der Waals surface area (Å²) in [5.74, 6) is 0. The lowest BCUT2D eigenvalue weighted by Gasteiger charge is -2.38. The zero-order chi connectivity index (χ0) is 12.6. The van der Waals surface area contributed by atoms with Gasteiger partial charge in [-0.15, -0.1) is 0 Å². The van der Waals surface area contributed by atoms with Crippen LogP contribution >= 0.6 is 27.0 Å². The van der Waals surface area contributed by atoms with E-state index in [9.17, 15) is 28.7 Å². The zero-order valence-corrected chi connectivity index (χ0v) is 10.9. The highest BCUT2D eigenvalue weighted by atomic mass is 35.5. The molecule has 1 heterocycles. The first-order chi connectivity index (χ1) is 7.13. The molecule has 1 aliphatic rings. The summed E-state index contributed by atoms with van der Waals surface area (Å²) >= 11 is 5.66. The van der Waals surface area contributed by atoms with Gasteiger partial charge in [-0.05, 0) is 24.6 Å². The van der Waals surface area contributed by atoms with Gasteiger partial charge < -0.3 is 19.6 Å². The lowest BCUT2D eigenvalue weighted by molar-refractivity contribution is 0.234. The fraction of sp³-hybridized carbons (Fsp3) is 1.00. The lowest BCUT2D eigenvalue weighted by Crippen LogP contribution is -2.42. The highest BCUT2D eigenvalue weighted by molar-refractivity contribution is 7.72. The van der Waals surface area contributed by atoms with Crippen molar-refractivity contribution in [3.8, 4) is 0 Å². The monoisotopic (exact) mass is 293 g/mol. The van der Waals surface area contributed by atoms with E-state index >= 15 is 0 Å². The normalized spacial score (nSPS) is 24.1. The van der Waals surface area contributed by atoms with E-state index in [2.05, 4.69) is 0 Å². The van der Waals surface area contributed by atoms with E-state index in [-0.39, 0.29) is 13.0 Å². The van der Waals surface area contributed by atoms with Gasteiger partial charge in [0, 0.05) is 6.54 Å². The molecule has 0 atom stereocenters. The van der Waals surface area contributed by atoms with Gasteiger partial charge >= 0.3 is 15.2 Å². The van der Waals surface area contributed by atoms with Crippen molar-refractivity contribution < 1.29 is 28.7 Å². The first kappa shape index (κ1) is 14.6. The lowest BCUT2D eigenvalue weighted by atomic mass is 10.2. The molecule has 96 valence electrons. The molecular formula is C6H14ClNO6P2. The molecule has 1 fully saturated rings. The molecule has 0 aliphatic carbocycles. The molecule has 0 aromatic heterocycles. The van der Waals surface area contributed by atoms with Crippen LogP contribution in [-0.4, -0.2) is 35.6 Å². The Labute approximate surface area is 97.8 Å². The summed E-state index contributed by atoms with van der Waals surface area (Å²) in [6.07, 6.45) is 1.18. The molecule has 0 aromatic rings. The quantitative estimate of drug-likeness (QED) is 0.443. The van der Waals surface area contributed by atoms with Crippen LogP contribution in [0.25, 0.3) is 0 Å². The Morgan fingerprint density at radius 3 is 1.94 bits per heavy atom. The van der Waals surface area contributed by atoms with Crippen LogP contribution in [-0.2, 0) is 9.13 Å². The minimum absolute atomic E-state index is 0.0395. The largest absolute Gasteiger partial charge is 0.359 e. The van der Waals surface area contributed by atoms with Gasteiger partial charge in [0.2, 0.25) is 5.02 Å². The van der Waals surface area contributed by atoms with E-state index < -0.39 is 20.2 Å². The smallest absolute Gasteiger partial charge is 0.323 e. The fourth-order valence-electron chi connectivity index (χ4n) is 1.83.